The number of aliphatic hydroxyl groups excluding tert-OH is 1. The van der Waals surface area contributed by atoms with E-state index in [1.165, 1.54) is 30.2 Å². The summed E-state index contributed by atoms with van der Waals surface area (Å²) in [5.41, 5.74) is 0.584. The van der Waals surface area contributed by atoms with Gasteiger partial charge in [-0.3, -0.25) is 4.79 Å². The highest BCUT2D eigenvalue weighted by Gasteiger charge is 2.06. The molecule has 20 heavy (non-hydrogen) atoms. The number of carbonyl (C=O) groups is 1. The molecule has 1 amide bonds. The van der Waals surface area contributed by atoms with E-state index in [0.29, 0.717) is 18.5 Å². The number of carbonyl (C=O) groups excluding carboxylic acids is 1. The van der Waals surface area contributed by atoms with Gasteiger partial charge in [0.05, 0.1) is 13.2 Å². The zero-order valence-electron chi connectivity index (χ0n) is 12.0. The molecule has 0 aliphatic heterocycles. The van der Waals surface area contributed by atoms with Crippen LogP contribution in [0.15, 0.2) is 24.3 Å². The Morgan fingerprint density at radius 2 is 2.25 bits per heavy atom. The van der Waals surface area contributed by atoms with Gasteiger partial charge in [-0.15, -0.1) is 0 Å². The molecule has 1 rings (SSSR count). The Morgan fingerprint density at radius 1 is 1.55 bits per heavy atom. The zero-order valence-corrected chi connectivity index (χ0v) is 12.0. The topological polar surface area (TPSA) is 49.8 Å². The summed E-state index contributed by atoms with van der Waals surface area (Å²) in [4.78, 5) is 13.3. The summed E-state index contributed by atoms with van der Waals surface area (Å²) in [7, 11) is 3.05. The third-order valence-corrected chi connectivity index (χ3v) is 2.85. The number of hydrogen-bond acceptors (Lipinski definition) is 3. The highest BCUT2D eigenvalue weighted by atomic mass is 19.1. The Kier molecular flexibility index (Phi) is 6.18. The van der Waals surface area contributed by atoms with Gasteiger partial charge in [-0.2, -0.15) is 0 Å². The van der Waals surface area contributed by atoms with Crippen LogP contribution in [0.25, 0.3) is 6.08 Å². The first kappa shape index (κ1) is 16.2. The molecular formula is C15H20FNO3. The Balaban J connectivity index is 2.63. The van der Waals surface area contributed by atoms with Crippen molar-refractivity contribution < 1.29 is 19.0 Å². The smallest absolute Gasteiger partial charge is 0.246 e. The van der Waals surface area contributed by atoms with E-state index >= 15 is 0 Å². The molecule has 110 valence electrons. The Labute approximate surface area is 118 Å². The fourth-order valence-electron chi connectivity index (χ4n) is 1.57. The maximum Gasteiger partial charge on any atom is 0.246 e. The number of aliphatic hydroxyl groups is 1. The summed E-state index contributed by atoms with van der Waals surface area (Å²) in [5, 5.41) is 9.16. The predicted molar refractivity (Wildman–Crippen MR) is 75.9 cm³/mol. The Morgan fingerprint density at radius 3 is 2.80 bits per heavy atom. The van der Waals surface area contributed by atoms with E-state index in [1.807, 2.05) is 0 Å². The molecule has 0 saturated heterocycles. The van der Waals surface area contributed by atoms with Gasteiger partial charge in [-0.05, 0) is 37.1 Å². The normalized spacial score (nSPS) is 12.4. The van der Waals surface area contributed by atoms with E-state index in [9.17, 15) is 9.18 Å². The van der Waals surface area contributed by atoms with E-state index < -0.39 is 11.9 Å². The number of methoxy groups -OCH3 is 1. The molecule has 0 radical (unpaired) electrons. The molecule has 0 aliphatic carbocycles. The molecule has 1 atom stereocenters. The molecule has 0 bridgehead atoms. The summed E-state index contributed by atoms with van der Waals surface area (Å²) in [6.07, 6.45) is 3.00. The van der Waals surface area contributed by atoms with Gasteiger partial charge in [0.25, 0.3) is 0 Å². The summed E-state index contributed by atoms with van der Waals surface area (Å²) >= 11 is 0. The van der Waals surface area contributed by atoms with E-state index in [4.69, 9.17) is 9.84 Å². The lowest BCUT2D eigenvalue weighted by molar-refractivity contribution is -0.124. The first-order valence-corrected chi connectivity index (χ1v) is 6.39. The van der Waals surface area contributed by atoms with E-state index in [-0.39, 0.29) is 11.7 Å². The van der Waals surface area contributed by atoms with Crippen LogP contribution in [-0.2, 0) is 4.79 Å². The highest BCUT2D eigenvalue weighted by molar-refractivity contribution is 5.91. The minimum atomic E-state index is -0.468. The van der Waals surface area contributed by atoms with Gasteiger partial charge in [0, 0.05) is 19.7 Å². The fraction of sp³-hybridized carbons (Fsp3) is 0.400. The quantitative estimate of drug-likeness (QED) is 0.812. The standard InChI is InChI=1S/C15H20FNO3/c1-11(18)8-9-17(2)15(19)7-5-12-4-6-14(20-3)13(16)10-12/h4-7,10-11,18H,8-9H2,1-3H3/b7-5+. The molecule has 1 aromatic rings. The summed E-state index contributed by atoms with van der Waals surface area (Å²) in [6, 6.07) is 4.48. The van der Waals surface area contributed by atoms with Crippen LogP contribution in [0, 0.1) is 5.82 Å². The van der Waals surface area contributed by atoms with Crippen LogP contribution in [0.4, 0.5) is 4.39 Å². The highest BCUT2D eigenvalue weighted by Crippen LogP contribution is 2.18. The van der Waals surface area contributed by atoms with Crippen molar-refractivity contribution in [2.24, 2.45) is 0 Å². The molecule has 0 spiro atoms. The lowest BCUT2D eigenvalue weighted by Crippen LogP contribution is -2.27. The van der Waals surface area contributed by atoms with Crippen molar-refractivity contribution >= 4 is 12.0 Å². The van der Waals surface area contributed by atoms with Crippen LogP contribution >= 0.6 is 0 Å². The van der Waals surface area contributed by atoms with Gasteiger partial charge in [0.1, 0.15) is 0 Å². The van der Waals surface area contributed by atoms with Crippen molar-refractivity contribution in [1.82, 2.24) is 4.90 Å². The van der Waals surface area contributed by atoms with Crippen molar-refractivity contribution in [3.63, 3.8) is 0 Å². The lowest BCUT2D eigenvalue weighted by Gasteiger charge is -2.15. The number of likely N-dealkylation sites (N-methyl/N-ethyl adjacent to an activating group) is 1. The molecule has 0 heterocycles. The lowest BCUT2D eigenvalue weighted by atomic mass is 10.2. The maximum atomic E-state index is 13.5. The zero-order chi connectivity index (χ0) is 15.1. The summed E-state index contributed by atoms with van der Waals surface area (Å²) in [6.45, 7) is 2.14. The van der Waals surface area contributed by atoms with Crippen molar-refractivity contribution in [2.75, 3.05) is 20.7 Å². The first-order valence-electron chi connectivity index (χ1n) is 6.39. The average molecular weight is 281 g/mol. The monoisotopic (exact) mass is 281 g/mol. The van der Waals surface area contributed by atoms with Crippen LogP contribution in [0.2, 0.25) is 0 Å². The number of hydrogen-bond donors (Lipinski definition) is 1. The Hall–Kier alpha value is -1.88. The van der Waals surface area contributed by atoms with Gasteiger partial charge in [-0.25, -0.2) is 4.39 Å². The summed E-state index contributed by atoms with van der Waals surface area (Å²) < 4.78 is 18.3. The molecule has 1 aromatic carbocycles. The van der Waals surface area contributed by atoms with Gasteiger partial charge in [0.15, 0.2) is 11.6 Å². The second-order valence-corrected chi connectivity index (χ2v) is 4.62. The maximum absolute atomic E-state index is 13.5. The number of nitrogens with zero attached hydrogens (tertiary/aromatic N) is 1. The van der Waals surface area contributed by atoms with Crippen molar-refractivity contribution in [2.45, 2.75) is 19.4 Å². The second-order valence-electron chi connectivity index (χ2n) is 4.62. The van der Waals surface area contributed by atoms with Crippen LogP contribution < -0.4 is 4.74 Å². The minimum Gasteiger partial charge on any atom is -0.494 e. The SMILES string of the molecule is COc1ccc(/C=C/C(=O)N(C)CCC(C)O)cc1F. The third-order valence-electron chi connectivity index (χ3n) is 2.85. The van der Waals surface area contributed by atoms with Crippen LogP contribution in [0.1, 0.15) is 18.9 Å². The number of rotatable bonds is 6. The Bertz CT molecular complexity index is 486. The molecular weight excluding hydrogens is 261 g/mol. The molecule has 0 aromatic heterocycles. The molecule has 5 heteroatoms. The third kappa shape index (κ3) is 5.01. The predicted octanol–water partition coefficient (Wildman–Crippen LogP) is 2.08. The van der Waals surface area contributed by atoms with Crippen molar-refractivity contribution in [3.8, 4) is 5.75 Å². The number of amides is 1. The fourth-order valence-corrected chi connectivity index (χ4v) is 1.57. The first-order chi connectivity index (χ1) is 9.43. The summed E-state index contributed by atoms with van der Waals surface area (Å²) in [5.74, 6) is -0.492. The molecule has 0 aliphatic rings. The van der Waals surface area contributed by atoms with Gasteiger partial charge in [-0.1, -0.05) is 6.07 Å². The van der Waals surface area contributed by atoms with E-state index in [0.717, 1.165) is 0 Å². The van der Waals surface area contributed by atoms with Gasteiger partial charge in [0.2, 0.25) is 5.91 Å². The van der Waals surface area contributed by atoms with Crippen LogP contribution in [0.5, 0.6) is 5.75 Å². The number of benzene rings is 1. The van der Waals surface area contributed by atoms with E-state index in [2.05, 4.69) is 0 Å². The largest absolute Gasteiger partial charge is 0.494 e. The molecule has 4 nitrogen and oxygen atoms in total. The van der Waals surface area contributed by atoms with Gasteiger partial charge < -0.3 is 14.7 Å². The van der Waals surface area contributed by atoms with E-state index in [1.54, 1.807) is 26.1 Å². The van der Waals surface area contributed by atoms with Crippen molar-refractivity contribution in [3.05, 3.63) is 35.7 Å². The van der Waals surface area contributed by atoms with Gasteiger partial charge >= 0.3 is 0 Å². The number of ether oxygens (including phenoxy) is 1. The number of halogens is 1. The molecule has 0 saturated carbocycles. The van der Waals surface area contributed by atoms with Crippen LogP contribution in [0.3, 0.4) is 0 Å². The molecule has 1 unspecified atom stereocenters. The molecule has 0 fully saturated rings. The van der Waals surface area contributed by atoms with Crippen molar-refractivity contribution in [1.29, 1.82) is 0 Å². The second kappa shape index (κ2) is 7.65. The molecule has 1 N–H and O–H groups in total. The van der Waals surface area contributed by atoms with Crippen LogP contribution in [-0.4, -0.2) is 42.7 Å². The minimum absolute atomic E-state index is 0.169. The average Bonchev–Trinajstić information content (AvgIpc) is 2.42.